The predicted octanol–water partition coefficient (Wildman–Crippen LogP) is 0.506. The van der Waals surface area contributed by atoms with Crippen LogP contribution in [0, 0.1) is 0 Å². The number of hydrogen-bond acceptors (Lipinski definition) is 4. The van der Waals surface area contributed by atoms with Crippen molar-refractivity contribution >= 4 is 18.2 Å². The largest absolute Gasteiger partial charge is 0.380 e. The molecule has 1 amide bonds. The molecule has 0 aliphatic carbocycles. The first-order valence-electron chi connectivity index (χ1n) is 5.47. The highest BCUT2D eigenvalue weighted by atomic mass is 16.7. The quantitative estimate of drug-likeness (QED) is 0.252. The summed E-state index contributed by atoms with van der Waals surface area (Å²) in [6, 6.07) is 7.08. The maximum Gasteiger partial charge on any atom is 0.334 e. The third kappa shape index (κ3) is 4.25. The highest BCUT2D eigenvalue weighted by Gasteiger charge is 2.02. The normalized spacial score (nSPS) is 10.8. The lowest BCUT2D eigenvalue weighted by Gasteiger charge is -2.03. The lowest BCUT2D eigenvalue weighted by Crippen LogP contribution is -2.15. The monoisotopic (exact) mass is 249 g/mol. The third-order valence-corrected chi connectivity index (χ3v) is 2.17. The summed E-state index contributed by atoms with van der Waals surface area (Å²) in [6.45, 7) is 2.12. The summed E-state index contributed by atoms with van der Waals surface area (Å²) in [5.41, 5.74) is 7.23. The van der Waals surface area contributed by atoms with Gasteiger partial charge in [-0.25, -0.2) is 4.79 Å². The van der Waals surface area contributed by atoms with E-state index in [-0.39, 0.29) is 12.3 Å². The molecule has 0 saturated carbocycles. The van der Waals surface area contributed by atoms with Crippen LogP contribution in [0.25, 0.3) is 0 Å². The fourth-order valence-corrected chi connectivity index (χ4v) is 1.17. The van der Waals surface area contributed by atoms with Gasteiger partial charge in [-0.3, -0.25) is 4.79 Å². The molecule has 6 nitrogen and oxygen atoms in total. The molecule has 0 radical (unpaired) electrons. The number of nitrogens with two attached hydrogens (primary N) is 1. The molecule has 1 aromatic rings. The second-order valence-corrected chi connectivity index (χ2v) is 3.49. The summed E-state index contributed by atoms with van der Waals surface area (Å²) < 4.78 is 0. The van der Waals surface area contributed by atoms with Gasteiger partial charge in [0.2, 0.25) is 6.41 Å². The molecule has 0 aliphatic rings. The van der Waals surface area contributed by atoms with Crippen LogP contribution in [0.4, 0.5) is 0 Å². The van der Waals surface area contributed by atoms with Gasteiger partial charge in [-0.1, -0.05) is 36.3 Å². The van der Waals surface area contributed by atoms with Crippen molar-refractivity contribution in [2.45, 2.75) is 19.9 Å². The van der Waals surface area contributed by atoms with Gasteiger partial charge in [-0.2, -0.15) is 0 Å². The number of carbonyl (C=O) groups is 2. The molecule has 1 aromatic carbocycles. The molecular weight excluding hydrogens is 234 g/mol. The van der Waals surface area contributed by atoms with Crippen LogP contribution in [0.2, 0.25) is 0 Å². The highest BCUT2D eigenvalue weighted by molar-refractivity contribution is 5.97. The van der Waals surface area contributed by atoms with Crippen LogP contribution in [-0.2, 0) is 21.0 Å². The van der Waals surface area contributed by atoms with E-state index in [2.05, 4.69) is 15.3 Å². The van der Waals surface area contributed by atoms with Crippen molar-refractivity contribution in [2.75, 3.05) is 0 Å². The molecular formula is C12H15N3O3. The zero-order valence-electron chi connectivity index (χ0n) is 10.1. The number of nitrogens with one attached hydrogen (secondary N) is 1. The van der Waals surface area contributed by atoms with Crippen molar-refractivity contribution in [1.29, 1.82) is 0 Å². The van der Waals surface area contributed by atoms with Crippen LogP contribution in [0.15, 0.2) is 29.4 Å². The fourth-order valence-electron chi connectivity index (χ4n) is 1.17. The average molecular weight is 249 g/mol. The van der Waals surface area contributed by atoms with Crippen LogP contribution in [0.1, 0.15) is 24.5 Å². The van der Waals surface area contributed by atoms with Gasteiger partial charge in [0.05, 0.1) is 0 Å². The Morgan fingerprint density at radius 2 is 2.11 bits per heavy atom. The number of hydrogen-bond donors (Lipinski definition) is 2. The van der Waals surface area contributed by atoms with Gasteiger partial charge in [-0.15, -0.1) is 0 Å². The van der Waals surface area contributed by atoms with Gasteiger partial charge in [0.1, 0.15) is 0 Å². The molecule has 0 aliphatic heterocycles. The zero-order chi connectivity index (χ0) is 13.4. The van der Waals surface area contributed by atoms with E-state index in [1.807, 2.05) is 0 Å². The summed E-state index contributed by atoms with van der Waals surface area (Å²) in [5.74, 6) is -0.309. The molecule has 0 atom stereocenters. The third-order valence-electron chi connectivity index (χ3n) is 2.17. The Hall–Kier alpha value is -2.37. The summed E-state index contributed by atoms with van der Waals surface area (Å²) in [6.07, 6.45) is 0.876. The minimum atomic E-state index is -0.440. The van der Waals surface area contributed by atoms with Crippen LogP contribution < -0.4 is 11.1 Å². The van der Waals surface area contributed by atoms with E-state index in [1.54, 1.807) is 31.2 Å². The Morgan fingerprint density at radius 1 is 1.44 bits per heavy atom. The standard InChI is InChI=1S/C12H15N3O3/c1-2-11(17)18-15-12(13)10-5-3-9(4-6-10)7-14-8-16/h3-6,8H,2,7H2,1H3,(H2,13,15)(H,14,16). The van der Waals surface area contributed by atoms with E-state index in [0.717, 1.165) is 5.56 Å². The van der Waals surface area contributed by atoms with Crippen molar-refractivity contribution in [3.05, 3.63) is 35.4 Å². The number of carbonyl (C=O) groups excluding carboxylic acids is 2. The molecule has 0 saturated heterocycles. The molecule has 0 bridgehead atoms. The van der Waals surface area contributed by atoms with Gasteiger partial charge in [0, 0.05) is 18.5 Å². The number of nitrogens with zero attached hydrogens (tertiary/aromatic N) is 1. The van der Waals surface area contributed by atoms with Gasteiger partial charge < -0.3 is 15.9 Å². The number of amidine groups is 1. The summed E-state index contributed by atoms with van der Waals surface area (Å²) in [5, 5.41) is 6.08. The van der Waals surface area contributed by atoms with Crippen molar-refractivity contribution in [2.24, 2.45) is 10.9 Å². The van der Waals surface area contributed by atoms with Crippen molar-refractivity contribution < 1.29 is 14.4 Å². The molecule has 1 rings (SSSR count). The SMILES string of the molecule is CCC(=O)ON=C(N)c1ccc(CNC=O)cc1. The van der Waals surface area contributed by atoms with Crippen molar-refractivity contribution in [3.63, 3.8) is 0 Å². The number of amides is 1. The van der Waals surface area contributed by atoms with Gasteiger partial charge in [0.25, 0.3) is 0 Å². The first-order chi connectivity index (χ1) is 8.67. The molecule has 0 spiro atoms. The van der Waals surface area contributed by atoms with Crippen molar-refractivity contribution in [1.82, 2.24) is 5.32 Å². The van der Waals surface area contributed by atoms with E-state index in [1.165, 1.54) is 0 Å². The predicted molar refractivity (Wildman–Crippen MR) is 66.5 cm³/mol. The minimum absolute atomic E-state index is 0.131. The minimum Gasteiger partial charge on any atom is -0.380 e. The zero-order valence-corrected chi connectivity index (χ0v) is 10.1. The first kappa shape index (κ1) is 13.7. The maximum absolute atomic E-state index is 10.9. The molecule has 0 heterocycles. The van der Waals surface area contributed by atoms with Gasteiger partial charge in [0.15, 0.2) is 5.84 Å². The first-order valence-corrected chi connectivity index (χ1v) is 5.47. The van der Waals surface area contributed by atoms with Gasteiger partial charge in [-0.05, 0) is 5.56 Å². The van der Waals surface area contributed by atoms with E-state index in [0.29, 0.717) is 18.5 Å². The Morgan fingerprint density at radius 3 is 2.67 bits per heavy atom. The highest BCUT2D eigenvalue weighted by Crippen LogP contribution is 2.04. The van der Waals surface area contributed by atoms with Crippen LogP contribution >= 0.6 is 0 Å². The smallest absolute Gasteiger partial charge is 0.334 e. The van der Waals surface area contributed by atoms with E-state index in [9.17, 15) is 9.59 Å². The Balaban J connectivity index is 2.66. The number of benzene rings is 1. The van der Waals surface area contributed by atoms with Crippen molar-refractivity contribution in [3.8, 4) is 0 Å². The molecule has 3 N–H and O–H groups in total. The second-order valence-electron chi connectivity index (χ2n) is 3.49. The van der Waals surface area contributed by atoms with Crippen LogP contribution in [0.5, 0.6) is 0 Å². The Bertz CT molecular complexity index is 440. The molecule has 0 unspecified atom stereocenters. The van der Waals surface area contributed by atoms with E-state index < -0.39 is 5.97 Å². The van der Waals surface area contributed by atoms with Crippen LogP contribution in [0.3, 0.4) is 0 Å². The molecule has 18 heavy (non-hydrogen) atoms. The molecule has 0 aromatic heterocycles. The number of oxime groups is 1. The van der Waals surface area contributed by atoms with Gasteiger partial charge >= 0.3 is 5.97 Å². The van der Waals surface area contributed by atoms with E-state index in [4.69, 9.17) is 5.73 Å². The lowest BCUT2D eigenvalue weighted by atomic mass is 10.1. The fraction of sp³-hybridized carbons (Fsp3) is 0.250. The maximum atomic E-state index is 10.9. The molecule has 0 fully saturated rings. The average Bonchev–Trinajstić information content (AvgIpc) is 2.42. The van der Waals surface area contributed by atoms with Crippen LogP contribution in [-0.4, -0.2) is 18.2 Å². The lowest BCUT2D eigenvalue weighted by molar-refractivity contribution is -0.143. The summed E-state index contributed by atoms with van der Waals surface area (Å²) in [7, 11) is 0. The second kappa shape index (κ2) is 7.05. The Labute approximate surface area is 105 Å². The molecule has 6 heteroatoms. The number of rotatable bonds is 6. The topological polar surface area (TPSA) is 93.8 Å². The van der Waals surface area contributed by atoms with E-state index >= 15 is 0 Å². The summed E-state index contributed by atoms with van der Waals surface area (Å²) >= 11 is 0. The Kier molecular flexibility index (Phi) is 5.37. The summed E-state index contributed by atoms with van der Waals surface area (Å²) in [4.78, 5) is 25.6. The molecule has 96 valence electrons.